The molecule has 176 valence electrons. The highest BCUT2D eigenvalue weighted by molar-refractivity contribution is 7.93. The summed E-state index contributed by atoms with van der Waals surface area (Å²) < 4.78 is 30.5. The summed E-state index contributed by atoms with van der Waals surface area (Å²) in [6, 6.07) is 16.8. The summed E-state index contributed by atoms with van der Waals surface area (Å²) in [6.45, 7) is 9.29. The number of anilines is 1. The lowest BCUT2D eigenvalue weighted by Crippen LogP contribution is -2.45. The van der Waals surface area contributed by atoms with Crippen molar-refractivity contribution in [2.45, 2.75) is 52.1 Å². The van der Waals surface area contributed by atoms with Crippen LogP contribution in [0.1, 0.15) is 36.4 Å². The van der Waals surface area contributed by atoms with E-state index >= 15 is 0 Å². The van der Waals surface area contributed by atoms with Crippen LogP contribution in [0.5, 0.6) is 0 Å². The second-order valence-electron chi connectivity index (χ2n) is 8.57. The minimum atomic E-state index is -4.03. The third-order valence-electron chi connectivity index (χ3n) is 5.73. The van der Waals surface area contributed by atoms with Crippen molar-refractivity contribution in [3.05, 3.63) is 77.1 Å². The first-order valence-electron chi connectivity index (χ1n) is 11.0. The van der Waals surface area contributed by atoms with E-state index in [1.165, 1.54) is 4.31 Å². The average molecular weight is 469 g/mol. The van der Waals surface area contributed by atoms with E-state index in [4.69, 9.17) is 0 Å². The van der Waals surface area contributed by atoms with Crippen LogP contribution in [0.2, 0.25) is 0 Å². The smallest absolute Gasteiger partial charge is 0.268 e. The molecule has 0 radical (unpaired) electrons. The van der Waals surface area contributed by atoms with Gasteiger partial charge in [0.2, 0.25) is 5.91 Å². The van der Waals surface area contributed by atoms with E-state index in [2.05, 4.69) is 5.10 Å². The highest BCUT2D eigenvalue weighted by Crippen LogP contribution is 2.28. The molecular formula is C25H32N4O3S. The van der Waals surface area contributed by atoms with Crippen molar-refractivity contribution in [2.24, 2.45) is 7.05 Å². The third kappa shape index (κ3) is 5.27. The summed E-state index contributed by atoms with van der Waals surface area (Å²) in [6.07, 6.45) is 0. The minimum Gasteiger partial charge on any atom is -0.334 e. The maximum absolute atomic E-state index is 13.9. The van der Waals surface area contributed by atoms with Gasteiger partial charge in [0, 0.05) is 19.6 Å². The van der Waals surface area contributed by atoms with Crippen LogP contribution in [0.15, 0.2) is 59.5 Å². The van der Waals surface area contributed by atoms with E-state index in [1.807, 2.05) is 63.2 Å². The Hall–Kier alpha value is -3.13. The highest BCUT2D eigenvalue weighted by Gasteiger charge is 2.33. The molecule has 0 saturated carbocycles. The molecule has 0 aliphatic rings. The molecule has 33 heavy (non-hydrogen) atoms. The molecule has 1 amide bonds. The van der Waals surface area contributed by atoms with Gasteiger partial charge in [0.1, 0.15) is 11.4 Å². The molecule has 0 fully saturated rings. The molecule has 8 heteroatoms. The van der Waals surface area contributed by atoms with Crippen LogP contribution in [0, 0.1) is 20.8 Å². The van der Waals surface area contributed by atoms with Gasteiger partial charge >= 0.3 is 0 Å². The second kappa shape index (κ2) is 9.79. The molecule has 3 aromatic rings. The molecule has 0 bridgehead atoms. The van der Waals surface area contributed by atoms with Crippen LogP contribution in [-0.2, 0) is 28.4 Å². The summed E-state index contributed by atoms with van der Waals surface area (Å²) in [4.78, 5) is 15.3. The predicted octanol–water partition coefficient (Wildman–Crippen LogP) is 3.98. The number of amides is 1. The first kappa shape index (κ1) is 24.5. The van der Waals surface area contributed by atoms with Gasteiger partial charge in [0.25, 0.3) is 10.0 Å². The topological polar surface area (TPSA) is 75.5 Å². The van der Waals surface area contributed by atoms with Crippen molar-refractivity contribution in [3.8, 4) is 0 Å². The summed E-state index contributed by atoms with van der Waals surface area (Å²) in [5.74, 6) is -0.266. The zero-order valence-electron chi connectivity index (χ0n) is 20.1. The predicted molar refractivity (Wildman–Crippen MR) is 131 cm³/mol. The van der Waals surface area contributed by atoms with Gasteiger partial charge < -0.3 is 4.90 Å². The molecule has 0 aliphatic heterocycles. The Morgan fingerprint density at radius 2 is 1.61 bits per heavy atom. The fourth-order valence-corrected chi connectivity index (χ4v) is 5.64. The van der Waals surface area contributed by atoms with E-state index in [1.54, 1.807) is 42.6 Å². The van der Waals surface area contributed by atoms with Crippen molar-refractivity contribution >= 4 is 21.6 Å². The van der Waals surface area contributed by atoms with E-state index in [0.29, 0.717) is 23.6 Å². The lowest BCUT2D eigenvalue weighted by atomic mass is 10.2. The lowest BCUT2D eigenvalue weighted by Gasteiger charge is -2.31. The average Bonchev–Trinajstić information content (AvgIpc) is 3.03. The fraction of sp³-hybridized carbons (Fsp3) is 0.360. The molecule has 0 unspecified atom stereocenters. The Labute approximate surface area is 196 Å². The number of carbonyl (C=O) groups is 1. The van der Waals surface area contributed by atoms with Gasteiger partial charge in [0.15, 0.2) is 0 Å². The van der Waals surface area contributed by atoms with Gasteiger partial charge in [-0.15, -0.1) is 0 Å². The largest absolute Gasteiger partial charge is 0.334 e. The van der Waals surface area contributed by atoms with E-state index in [9.17, 15) is 13.2 Å². The molecule has 0 aliphatic carbocycles. The quantitative estimate of drug-likeness (QED) is 0.501. The zero-order chi connectivity index (χ0) is 24.3. The number of hydrogen-bond acceptors (Lipinski definition) is 4. The van der Waals surface area contributed by atoms with Crippen molar-refractivity contribution in [1.82, 2.24) is 14.7 Å². The zero-order valence-corrected chi connectivity index (χ0v) is 20.9. The van der Waals surface area contributed by atoms with E-state index < -0.39 is 10.0 Å². The number of nitrogens with zero attached hydrogens (tertiary/aromatic N) is 4. The normalized spacial score (nSPS) is 11.6. The standard InChI is InChI=1S/C25H32N4O3S/c1-18(2)28(16-22-10-8-7-9-11-22)24(30)17-29(23-14-12-19(3)13-15-23)33(31,32)25-20(4)26-27(6)21(25)5/h7-15,18H,16-17H2,1-6H3. The molecule has 1 aromatic heterocycles. The van der Waals surface area contributed by atoms with Crippen LogP contribution < -0.4 is 4.31 Å². The SMILES string of the molecule is Cc1ccc(N(CC(=O)N(Cc2ccccc2)C(C)C)S(=O)(=O)c2c(C)nn(C)c2C)cc1. The van der Waals surface area contributed by atoms with Gasteiger partial charge in [-0.25, -0.2) is 8.42 Å². The number of aryl methyl sites for hydroxylation is 3. The molecular weight excluding hydrogens is 436 g/mol. The molecule has 7 nitrogen and oxygen atoms in total. The number of aromatic nitrogens is 2. The Kier molecular flexibility index (Phi) is 7.27. The maximum atomic E-state index is 13.9. The number of hydrogen-bond donors (Lipinski definition) is 0. The maximum Gasteiger partial charge on any atom is 0.268 e. The molecule has 2 aromatic carbocycles. The summed E-state index contributed by atoms with van der Waals surface area (Å²) in [5.41, 5.74) is 3.37. The number of carbonyl (C=O) groups excluding carboxylic acids is 1. The molecule has 0 spiro atoms. The number of sulfonamides is 1. The molecule has 0 atom stereocenters. The van der Waals surface area contributed by atoms with Gasteiger partial charge in [-0.3, -0.25) is 13.8 Å². The Morgan fingerprint density at radius 3 is 2.12 bits per heavy atom. The van der Waals surface area contributed by atoms with Crippen LogP contribution in [0.3, 0.4) is 0 Å². The number of rotatable bonds is 8. The second-order valence-corrected chi connectivity index (χ2v) is 10.4. The van der Waals surface area contributed by atoms with Crippen LogP contribution in [0.4, 0.5) is 5.69 Å². The highest BCUT2D eigenvalue weighted by atomic mass is 32.2. The third-order valence-corrected chi connectivity index (χ3v) is 7.76. The minimum absolute atomic E-state index is 0.0952. The molecule has 1 heterocycles. The van der Waals surface area contributed by atoms with Crippen molar-refractivity contribution in [2.75, 3.05) is 10.8 Å². The first-order valence-corrected chi connectivity index (χ1v) is 12.4. The van der Waals surface area contributed by atoms with Gasteiger partial charge in [-0.1, -0.05) is 48.0 Å². The Balaban J connectivity index is 2.02. The Bertz CT molecular complexity index is 1220. The van der Waals surface area contributed by atoms with Crippen LogP contribution >= 0.6 is 0 Å². The van der Waals surface area contributed by atoms with Crippen molar-refractivity contribution in [3.63, 3.8) is 0 Å². The van der Waals surface area contributed by atoms with Gasteiger partial charge in [-0.05, 0) is 52.3 Å². The van der Waals surface area contributed by atoms with Crippen LogP contribution in [0.25, 0.3) is 0 Å². The summed E-state index contributed by atoms with van der Waals surface area (Å²) in [5, 5.41) is 4.28. The molecule has 0 saturated heterocycles. The fourth-order valence-electron chi connectivity index (χ4n) is 3.82. The van der Waals surface area contributed by atoms with Crippen LogP contribution in [-0.4, -0.2) is 41.6 Å². The molecule has 0 N–H and O–H groups in total. The summed E-state index contributed by atoms with van der Waals surface area (Å²) >= 11 is 0. The first-order chi connectivity index (χ1) is 15.5. The Morgan fingerprint density at radius 1 is 1.00 bits per heavy atom. The van der Waals surface area contributed by atoms with Gasteiger partial charge in [0.05, 0.1) is 17.1 Å². The number of benzene rings is 2. The van der Waals surface area contributed by atoms with Crippen molar-refractivity contribution in [1.29, 1.82) is 0 Å². The van der Waals surface area contributed by atoms with Crippen molar-refractivity contribution < 1.29 is 13.2 Å². The van der Waals surface area contributed by atoms with E-state index in [0.717, 1.165) is 11.1 Å². The summed E-state index contributed by atoms with van der Waals surface area (Å²) in [7, 11) is -2.32. The van der Waals surface area contributed by atoms with Gasteiger partial charge in [-0.2, -0.15) is 5.10 Å². The monoisotopic (exact) mass is 468 g/mol. The molecule has 3 rings (SSSR count). The van der Waals surface area contributed by atoms with E-state index in [-0.39, 0.29) is 23.4 Å². The lowest BCUT2D eigenvalue weighted by molar-refractivity contribution is -0.131.